The van der Waals surface area contributed by atoms with E-state index in [-0.39, 0.29) is 11.6 Å². The van der Waals surface area contributed by atoms with Crippen molar-refractivity contribution in [1.29, 1.82) is 0 Å². The summed E-state index contributed by atoms with van der Waals surface area (Å²) in [4.78, 5) is 25.8. The highest BCUT2D eigenvalue weighted by molar-refractivity contribution is 5.99. The number of amides is 1. The van der Waals surface area contributed by atoms with Crippen LogP contribution in [0.3, 0.4) is 0 Å². The number of carbonyl (C=O) groups is 1. The summed E-state index contributed by atoms with van der Waals surface area (Å²) in [6, 6.07) is 15.8. The third-order valence-corrected chi connectivity index (χ3v) is 5.87. The molecule has 0 saturated heterocycles. The summed E-state index contributed by atoms with van der Waals surface area (Å²) in [5.41, 5.74) is -2.65. The molecule has 1 aliphatic rings. The number of carbonyl (C=O) groups excluding carboxylic acids is 1. The van der Waals surface area contributed by atoms with Crippen molar-refractivity contribution in [3.8, 4) is 11.3 Å². The zero-order valence-corrected chi connectivity index (χ0v) is 18.9. The molecule has 5 rings (SSSR count). The maximum atomic E-state index is 15.7. The first kappa shape index (κ1) is 23.4. The van der Waals surface area contributed by atoms with Gasteiger partial charge in [0.05, 0.1) is 11.5 Å². The molecule has 6 nitrogen and oxygen atoms in total. The lowest BCUT2D eigenvalue weighted by Gasteiger charge is -2.31. The smallest absolute Gasteiger partial charge is 0.309 e. The Labute approximate surface area is 203 Å². The molecule has 0 aliphatic heterocycles. The molecule has 4 aromatic rings. The molecule has 1 amide bonds. The number of benzene rings is 1. The summed E-state index contributed by atoms with van der Waals surface area (Å²) in [5.74, 6) is -2.42. The van der Waals surface area contributed by atoms with Crippen LogP contribution in [0.25, 0.3) is 22.5 Å². The van der Waals surface area contributed by atoms with Gasteiger partial charge in [0.2, 0.25) is 5.91 Å². The van der Waals surface area contributed by atoms with Gasteiger partial charge in [-0.25, -0.2) is 19.3 Å². The first-order valence-corrected chi connectivity index (χ1v) is 11.0. The number of hydrogen-bond donors (Lipinski definition) is 1. The minimum absolute atomic E-state index is 0.255. The molecule has 3 aromatic heterocycles. The fraction of sp³-hybridized carbons (Fsp3) is 0.154. The highest BCUT2D eigenvalue weighted by Gasteiger charge is 2.48. The van der Waals surface area contributed by atoms with Crippen molar-refractivity contribution in [2.24, 2.45) is 5.92 Å². The number of aromatic nitrogens is 4. The van der Waals surface area contributed by atoms with Gasteiger partial charge in [0.25, 0.3) is 0 Å². The molecule has 1 aliphatic carbocycles. The molecule has 0 radical (unpaired) electrons. The minimum Gasteiger partial charge on any atom is -0.309 e. The number of pyridine rings is 1. The van der Waals surface area contributed by atoms with E-state index in [1.165, 1.54) is 18.5 Å². The molecule has 0 spiro atoms. The second-order valence-electron chi connectivity index (χ2n) is 8.43. The van der Waals surface area contributed by atoms with E-state index < -0.39 is 34.8 Å². The van der Waals surface area contributed by atoms with Crippen molar-refractivity contribution in [1.82, 2.24) is 19.4 Å². The van der Waals surface area contributed by atoms with Gasteiger partial charge < -0.3 is 5.32 Å². The van der Waals surface area contributed by atoms with E-state index in [4.69, 9.17) is 0 Å². The number of hydrogen-bond acceptors (Lipinski definition) is 4. The maximum Gasteiger partial charge on any atom is 0.416 e. The minimum atomic E-state index is -4.87. The van der Waals surface area contributed by atoms with E-state index in [0.29, 0.717) is 23.0 Å². The number of rotatable bonds is 4. The van der Waals surface area contributed by atoms with E-state index in [9.17, 15) is 18.0 Å². The summed E-state index contributed by atoms with van der Waals surface area (Å²) in [6.07, 6.45) is 0.733. The van der Waals surface area contributed by atoms with Gasteiger partial charge in [0, 0.05) is 29.7 Å². The van der Waals surface area contributed by atoms with Crippen LogP contribution in [-0.4, -0.2) is 37.1 Å². The highest BCUT2D eigenvalue weighted by atomic mass is 19.4. The van der Waals surface area contributed by atoms with Crippen LogP contribution >= 0.6 is 0 Å². The molecule has 0 fully saturated rings. The SMILES string of the molecule is CC1(F)C=C(C(F)(F)F)C(c2ncccn2)=CC1C(=O)Nc1c(-c2ccccc2)nc2ccccn12. The van der Waals surface area contributed by atoms with Crippen LogP contribution < -0.4 is 5.32 Å². The molecule has 1 aromatic carbocycles. The third-order valence-electron chi connectivity index (χ3n) is 5.87. The zero-order chi connectivity index (χ0) is 25.5. The Kier molecular flexibility index (Phi) is 5.66. The molecular weight excluding hydrogens is 474 g/mol. The molecule has 182 valence electrons. The summed E-state index contributed by atoms with van der Waals surface area (Å²) < 4.78 is 58.8. The van der Waals surface area contributed by atoms with Crippen LogP contribution in [0.4, 0.5) is 23.4 Å². The van der Waals surface area contributed by atoms with Gasteiger partial charge in [0.1, 0.15) is 22.8 Å². The van der Waals surface area contributed by atoms with E-state index in [1.54, 1.807) is 40.9 Å². The lowest BCUT2D eigenvalue weighted by molar-refractivity contribution is -0.121. The van der Waals surface area contributed by atoms with E-state index in [1.807, 2.05) is 18.2 Å². The molecule has 3 heterocycles. The van der Waals surface area contributed by atoms with Crippen LogP contribution in [-0.2, 0) is 4.79 Å². The number of nitrogens with one attached hydrogen (secondary N) is 1. The number of allylic oxidation sites excluding steroid dienone is 3. The van der Waals surface area contributed by atoms with Gasteiger partial charge in [-0.3, -0.25) is 9.20 Å². The summed E-state index contributed by atoms with van der Waals surface area (Å²) in [5, 5.41) is 2.71. The third kappa shape index (κ3) is 4.26. The van der Waals surface area contributed by atoms with Gasteiger partial charge in [-0.1, -0.05) is 42.5 Å². The Balaban J connectivity index is 1.59. The standard InChI is InChI=1S/C26H19F4N5O/c1-25(27)15-19(26(28,29)30)17(22-31-11-7-12-32-22)14-18(25)24(36)34-23-21(16-8-3-2-4-9-16)33-20-10-5-6-13-35(20)23/h2-15,18H,1H3,(H,34,36). The molecule has 0 bridgehead atoms. The van der Waals surface area contributed by atoms with Crippen molar-refractivity contribution >= 4 is 22.9 Å². The fourth-order valence-corrected chi connectivity index (χ4v) is 4.18. The average Bonchev–Trinajstić information content (AvgIpc) is 3.22. The van der Waals surface area contributed by atoms with Gasteiger partial charge in [-0.15, -0.1) is 0 Å². The Morgan fingerprint density at radius 1 is 1.03 bits per heavy atom. The molecule has 1 N–H and O–H groups in total. The van der Waals surface area contributed by atoms with Crippen molar-refractivity contribution in [3.05, 3.63) is 96.7 Å². The fourth-order valence-electron chi connectivity index (χ4n) is 4.18. The van der Waals surface area contributed by atoms with Gasteiger partial charge in [-0.2, -0.15) is 13.2 Å². The van der Waals surface area contributed by atoms with Crippen molar-refractivity contribution in [2.45, 2.75) is 18.8 Å². The average molecular weight is 493 g/mol. The zero-order valence-electron chi connectivity index (χ0n) is 18.9. The van der Waals surface area contributed by atoms with Crippen LogP contribution in [0.2, 0.25) is 0 Å². The molecular formula is C26H19F4N5O. The first-order valence-electron chi connectivity index (χ1n) is 11.0. The van der Waals surface area contributed by atoms with Gasteiger partial charge in [0.15, 0.2) is 5.82 Å². The Hall–Kier alpha value is -4.34. The summed E-state index contributed by atoms with van der Waals surface area (Å²) in [6.45, 7) is 0.939. The van der Waals surface area contributed by atoms with E-state index in [2.05, 4.69) is 20.3 Å². The number of alkyl halides is 4. The second-order valence-corrected chi connectivity index (χ2v) is 8.43. The van der Waals surface area contributed by atoms with Crippen LogP contribution in [0, 0.1) is 5.92 Å². The maximum absolute atomic E-state index is 15.7. The molecule has 0 saturated carbocycles. The molecule has 36 heavy (non-hydrogen) atoms. The number of nitrogens with zero attached hydrogens (tertiary/aromatic N) is 4. The topological polar surface area (TPSA) is 72.2 Å². The quantitative estimate of drug-likeness (QED) is 0.373. The van der Waals surface area contributed by atoms with Crippen molar-refractivity contribution in [2.75, 3.05) is 5.32 Å². The lowest BCUT2D eigenvalue weighted by atomic mass is 9.79. The number of fused-ring (bicyclic) bond motifs is 1. The van der Waals surface area contributed by atoms with Crippen molar-refractivity contribution < 1.29 is 22.4 Å². The van der Waals surface area contributed by atoms with Gasteiger partial charge in [-0.05, 0) is 31.2 Å². The molecule has 10 heteroatoms. The summed E-state index contributed by atoms with van der Waals surface area (Å²) >= 11 is 0. The van der Waals surface area contributed by atoms with E-state index in [0.717, 1.165) is 13.0 Å². The predicted octanol–water partition coefficient (Wildman–Crippen LogP) is 5.66. The van der Waals surface area contributed by atoms with Crippen LogP contribution in [0.1, 0.15) is 12.7 Å². The number of halogens is 4. The Bertz CT molecular complexity index is 1490. The van der Waals surface area contributed by atoms with Gasteiger partial charge >= 0.3 is 6.18 Å². The van der Waals surface area contributed by atoms with E-state index >= 15 is 4.39 Å². The summed E-state index contributed by atoms with van der Waals surface area (Å²) in [7, 11) is 0. The van der Waals surface area contributed by atoms with Crippen LogP contribution in [0.15, 0.2) is 90.9 Å². The largest absolute Gasteiger partial charge is 0.416 e. The Morgan fingerprint density at radius 3 is 2.42 bits per heavy atom. The first-order chi connectivity index (χ1) is 17.1. The van der Waals surface area contributed by atoms with Crippen molar-refractivity contribution in [3.63, 3.8) is 0 Å². The lowest BCUT2D eigenvalue weighted by Crippen LogP contribution is -2.40. The Morgan fingerprint density at radius 2 is 1.72 bits per heavy atom. The molecule has 2 unspecified atom stereocenters. The number of anilines is 1. The predicted molar refractivity (Wildman–Crippen MR) is 126 cm³/mol. The monoisotopic (exact) mass is 493 g/mol. The molecule has 2 atom stereocenters. The number of imidazole rings is 1. The van der Waals surface area contributed by atoms with Crippen LogP contribution in [0.5, 0.6) is 0 Å². The second kappa shape index (κ2) is 8.71. The highest BCUT2D eigenvalue weighted by Crippen LogP contribution is 2.44. The normalized spacial score (nSPS) is 20.1.